The fourth-order valence-electron chi connectivity index (χ4n) is 1.33. The van der Waals surface area contributed by atoms with Crippen LogP contribution in [-0.4, -0.2) is 35.7 Å². The van der Waals surface area contributed by atoms with E-state index in [0.29, 0.717) is 5.76 Å². The molecule has 1 aromatic rings. The number of carbonyl (C=O) groups is 3. The summed E-state index contributed by atoms with van der Waals surface area (Å²) in [4.78, 5) is 34.5. The molecule has 0 aromatic carbocycles. The third kappa shape index (κ3) is 3.59. The van der Waals surface area contributed by atoms with Gasteiger partial charge >= 0.3 is 0 Å². The van der Waals surface area contributed by atoms with Crippen molar-refractivity contribution >= 4 is 17.7 Å². The minimum atomic E-state index is -0.754. The van der Waals surface area contributed by atoms with E-state index < -0.39 is 30.8 Å². The molecule has 8 heteroatoms. The van der Waals surface area contributed by atoms with Crippen molar-refractivity contribution in [3.8, 4) is 0 Å². The topological polar surface area (TPSA) is 146 Å². The molecule has 0 aliphatic rings. The fraction of sp³-hybridized carbons (Fsp3) is 0.300. The van der Waals surface area contributed by atoms with Crippen molar-refractivity contribution in [1.29, 1.82) is 0 Å². The maximum atomic E-state index is 11.9. The number of primary amides is 2. The van der Waals surface area contributed by atoms with Crippen molar-refractivity contribution < 1.29 is 18.8 Å². The first-order chi connectivity index (χ1) is 8.43. The molecule has 0 aliphatic heterocycles. The first-order valence-corrected chi connectivity index (χ1v) is 5.08. The van der Waals surface area contributed by atoms with Crippen molar-refractivity contribution in [2.24, 2.45) is 17.2 Å². The van der Waals surface area contributed by atoms with Gasteiger partial charge in [-0.15, -0.1) is 0 Å². The molecule has 0 saturated heterocycles. The molecular weight excluding hydrogens is 240 g/mol. The molecule has 0 fully saturated rings. The first-order valence-electron chi connectivity index (χ1n) is 5.08. The van der Waals surface area contributed by atoms with Crippen molar-refractivity contribution in [1.82, 2.24) is 4.90 Å². The summed E-state index contributed by atoms with van der Waals surface area (Å²) >= 11 is 0. The third-order valence-corrected chi connectivity index (χ3v) is 2.05. The van der Waals surface area contributed by atoms with Gasteiger partial charge in [-0.05, 0) is 12.1 Å². The lowest BCUT2D eigenvalue weighted by atomic mass is 10.3. The molecule has 0 saturated carbocycles. The minimum absolute atomic E-state index is 0.0297. The highest BCUT2D eigenvalue weighted by molar-refractivity contribution is 5.96. The summed E-state index contributed by atoms with van der Waals surface area (Å²) in [7, 11) is 0. The SMILES string of the molecule is NCc1ccc(C(=O)N(CC(N)=O)CC(N)=O)o1. The lowest BCUT2D eigenvalue weighted by molar-refractivity contribution is -0.121. The van der Waals surface area contributed by atoms with E-state index in [1.165, 1.54) is 12.1 Å². The minimum Gasteiger partial charge on any atom is -0.455 e. The Morgan fingerprint density at radius 1 is 1.11 bits per heavy atom. The number of nitrogens with two attached hydrogens (primary N) is 3. The molecule has 0 spiro atoms. The lowest BCUT2D eigenvalue weighted by Crippen LogP contribution is -2.43. The molecule has 0 atom stereocenters. The Kier molecular flexibility index (Phi) is 4.44. The molecule has 0 bridgehead atoms. The summed E-state index contributed by atoms with van der Waals surface area (Å²) < 4.78 is 5.12. The van der Waals surface area contributed by atoms with Gasteiger partial charge in [0.15, 0.2) is 5.76 Å². The van der Waals surface area contributed by atoms with Crippen molar-refractivity contribution in [3.63, 3.8) is 0 Å². The van der Waals surface area contributed by atoms with Crippen LogP contribution >= 0.6 is 0 Å². The second kappa shape index (κ2) is 5.82. The maximum absolute atomic E-state index is 11.9. The maximum Gasteiger partial charge on any atom is 0.290 e. The highest BCUT2D eigenvalue weighted by Gasteiger charge is 2.22. The third-order valence-electron chi connectivity index (χ3n) is 2.05. The average molecular weight is 254 g/mol. The molecule has 18 heavy (non-hydrogen) atoms. The Balaban J connectivity index is 2.86. The van der Waals surface area contributed by atoms with Gasteiger partial charge in [0, 0.05) is 0 Å². The standard InChI is InChI=1S/C10H14N4O4/c11-3-6-1-2-7(18-6)10(17)14(4-8(12)15)5-9(13)16/h1-2H,3-5,11H2,(H2,12,15)(H2,13,16). The number of carbonyl (C=O) groups excluding carboxylic acids is 3. The predicted octanol–water partition coefficient (Wildman–Crippen LogP) is -1.85. The second-order valence-corrected chi connectivity index (χ2v) is 3.56. The van der Waals surface area contributed by atoms with E-state index in [4.69, 9.17) is 21.6 Å². The van der Waals surface area contributed by atoms with Gasteiger partial charge in [-0.1, -0.05) is 0 Å². The van der Waals surface area contributed by atoms with Crippen LogP contribution in [0.3, 0.4) is 0 Å². The van der Waals surface area contributed by atoms with E-state index in [-0.39, 0.29) is 12.3 Å². The van der Waals surface area contributed by atoms with Gasteiger partial charge in [0.05, 0.1) is 6.54 Å². The smallest absolute Gasteiger partial charge is 0.290 e. The van der Waals surface area contributed by atoms with Gasteiger partial charge in [0.2, 0.25) is 11.8 Å². The number of furan rings is 1. The number of rotatable bonds is 6. The summed E-state index contributed by atoms with van der Waals surface area (Å²) in [6, 6.07) is 2.93. The van der Waals surface area contributed by atoms with Gasteiger partial charge in [0.25, 0.3) is 5.91 Å². The summed E-state index contributed by atoms with van der Waals surface area (Å²) in [6.07, 6.45) is 0. The van der Waals surface area contributed by atoms with E-state index in [9.17, 15) is 14.4 Å². The van der Waals surface area contributed by atoms with E-state index >= 15 is 0 Å². The molecule has 1 rings (SSSR count). The zero-order valence-electron chi connectivity index (χ0n) is 9.59. The monoisotopic (exact) mass is 254 g/mol. The number of hydrogen-bond acceptors (Lipinski definition) is 5. The van der Waals surface area contributed by atoms with Crippen LogP contribution in [0.15, 0.2) is 16.5 Å². The Labute approximate surface area is 103 Å². The van der Waals surface area contributed by atoms with Crippen molar-refractivity contribution in [2.75, 3.05) is 13.1 Å². The lowest BCUT2D eigenvalue weighted by Gasteiger charge is -2.17. The van der Waals surface area contributed by atoms with Crippen LogP contribution in [0, 0.1) is 0 Å². The molecule has 0 aliphatic carbocycles. The van der Waals surface area contributed by atoms with Gasteiger partial charge in [-0.2, -0.15) is 0 Å². The number of amides is 3. The molecular formula is C10H14N4O4. The highest BCUT2D eigenvalue weighted by atomic mass is 16.4. The molecule has 0 radical (unpaired) electrons. The largest absolute Gasteiger partial charge is 0.455 e. The van der Waals surface area contributed by atoms with Crippen LogP contribution in [0.25, 0.3) is 0 Å². The zero-order valence-corrected chi connectivity index (χ0v) is 9.59. The van der Waals surface area contributed by atoms with Gasteiger partial charge < -0.3 is 26.5 Å². The Hall–Kier alpha value is -2.35. The van der Waals surface area contributed by atoms with Crippen molar-refractivity contribution in [3.05, 3.63) is 23.7 Å². The van der Waals surface area contributed by atoms with Gasteiger partial charge in [0.1, 0.15) is 18.8 Å². The summed E-state index contributed by atoms with van der Waals surface area (Å²) in [6.45, 7) is -0.695. The Morgan fingerprint density at radius 3 is 2.06 bits per heavy atom. The molecule has 8 nitrogen and oxygen atoms in total. The van der Waals surface area contributed by atoms with Crippen LogP contribution in [0.5, 0.6) is 0 Å². The van der Waals surface area contributed by atoms with Crippen LogP contribution in [0.1, 0.15) is 16.3 Å². The second-order valence-electron chi connectivity index (χ2n) is 3.56. The van der Waals surface area contributed by atoms with Crippen LogP contribution in [0.4, 0.5) is 0 Å². The molecule has 0 unspecified atom stereocenters. The van der Waals surface area contributed by atoms with Gasteiger partial charge in [-0.25, -0.2) is 0 Å². The van der Waals surface area contributed by atoms with Gasteiger partial charge in [-0.3, -0.25) is 14.4 Å². The normalized spacial score (nSPS) is 10.1. The molecule has 3 amide bonds. The van der Waals surface area contributed by atoms with E-state index in [1.807, 2.05) is 0 Å². The highest BCUT2D eigenvalue weighted by Crippen LogP contribution is 2.10. The van der Waals surface area contributed by atoms with Crippen LogP contribution in [-0.2, 0) is 16.1 Å². The van der Waals surface area contributed by atoms with E-state index in [0.717, 1.165) is 4.90 Å². The first kappa shape index (κ1) is 13.7. The summed E-state index contributed by atoms with van der Waals surface area (Å²) in [5.41, 5.74) is 15.3. The molecule has 98 valence electrons. The molecule has 1 heterocycles. The predicted molar refractivity (Wildman–Crippen MR) is 60.9 cm³/mol. The van der Waals surface area contributed by atoms with Crippen LogP contribution in [0.2, 0.25) is 0 Å². The average Bonchev–Trinajstić information content (AvgIpc) is 2.74. The van der Waals surface area contributed by atoms with Crippen molar-refractivity contribution in [2.45, 2.75) is 6.54 Å². The molecule has 1 aromatic heterocycles. The number of nitrogens with zero attached hydrogens (tertiary/aromatic N) is 1. The number of hydrogen-bond donors (Lipinski definition) is 3. The quantitative estimate of drug-likeness (QED) is 0.545. The fourth-order valence-corrected chi connectivity index (χ4v) is 1.33. The van der Waals surface area contributed by atoms with E-state index in [2.05, 4.69) is 0 Å². The Morgan fingerprint density at radius 2 is 1.67 bits per heavy atom. The summed E-state index contributed by atoms with van der Waals surface area (Å²) in [5, 5.41) is 0. The van der Waals surface area contributed by atoms with E-state index in [1.54, 1.807) is 0 Å². The summed E-state index contributed by atoms with van der Waals surface area (Å²) in [5.74, 6) is -1.77. The van der Waals surface area contributed by atoms with Crippen LogP contribution < -0.4 is 17.2 Å². The zero-order chi connectivity index (χ0) is 13.7. The Bertz CT molecular complexity index is 452. The molecule has 6 N–H and O–H groups in total.